The lowest BCUT2D eigenvalue weighted by molar-refractivity contribution is 0.796. The van der Waals surface area contributed by atoms with Gasteiger partial charge in [-0.2, -0.15) is 11.3 Å². The number of halogens is 1. The van der Waals surface area contributed by atoms with Crippen molar-refractivity contribution in [1.29, 1.82) is 0 Å². The zero-order valence-corrected chi connectivity index (χ0v) is 12.3. The average molecular weight is 293 g/mol. The highest BCUT2D eigenvalue weighted by Gasteiger charge is 2.30. The van der Waals surface area contributed by atoms with E-state index in [9.17, 15) is 0 Å². The average Bonchev–Trinajstić information content (AvgIpc) is 3.14. The molecule has 0 saturated heterocycles. The fourth-order valence-electron chi connectivity index (χ4n) is 2.29. The summed E-state index contributed by atoms with van der Waals surface area (Å²) in [5.41, 5.74) is 9.23. The highest BCUT2D eigenvalue weighted by atomic mass is 35.5. The second-order valence-corrected chi connectivity index (χ2v) is 6.17. The van der Waals surface area contributed by atoms with Gasteiger partial charge in [0.1, 0.15) is 0 Å². The van der Waals surface area contributed by atoms with Crippen molar-refractivity contribution in [1.82, 2.24) is 0 Å². The van der Waals surface area contributed by atoms with Gasteiger partial charge in [0.05, 0.1) is 10.7 Å². The van der Waals surface area contributed by atoms with Gasteiger partial charge < -0.3 is 10.6 Å². The van der Waals surface area contributed by atoms with Crippen LogP contribution in [-0.2, 0) is 13.1 Å². The monoisotopic (exact) mass is 292 g/mol. The minimum atomic E-state index is 0.536. The summed E-state index contributed by atoms with van der Waals surface area (Å²) in [5.74, 6) is 0. The molecule has 2 aromatic rings. The third-order valence-corrected chi connectivity index (χ3v) is 4.51. The first-order valence-corrected chi connectivity index (χ1v) is 7.86. The van der Waals surface area contributed by atoms with Crippen molar-refractivity contribution >= 4 is 28.6 Å². The molecule has 1 saturated carbocycles. The lowest BCUT2D eigenvalue weighted by atomic mass is 10.1. The third kappa shape index (κ3) is 2.94. The summed E-state index contributed by atoms with van der Waals surface area (Å²) in [6, 6.07) is 8.99. The molecule has 2 N–H and O–H groups in total. The van der Waals surface area contributed by atoms with Gasteiger partial charge in [0.2, 0.25) is 0 Å². The van der Waals surface area contributed by atoms with E-state index in [1.165, 1.54) is 18.4 Å². The number of benzene rings is 1. The number of hydrogen-bond acceptors (Lipinski definition) is 3. The van der Waals surface area contributed by atoms with Gasteiger partial charge in [0.25, 0.3) is 0 Å². The molecule has 0 unspecified atom stereocenters. The Labute approximate surface area is 122 Å². The van der Waals surface area contributed by atoms with E-state index >= 15 is 0 Å². The van der Waals surface area contributed by atoms with Crippen molar-refractivity contribution < 1.29 is 0 Å². The van der Waals surface area contributed by atoms with Crippen LogP contribution in [0, 0.1) is 0 Å². The molecule has 1 aliphatic rings. The van der Waals surface area contributed by atoms with E-state index in [0.29, 0.717) is 12.6 Å². The normalized spacial score (nSPS) is 14.6. The maximum atomic E-state index is 6.42. The minimum Gasteiger partial charge on any atom is -0.363 e. The van der Waals surface area contributed by atoms with Gasteiger partial charge in [0, 0.05) is 19.1 Å². The number of anilines is 1. The van der Waals surface area contributed by atoms with E-state index in [1.54, 1.807) is 11.3 Å². The molecule has 0 radical (unpaired) electrons. The third-order valence-electron chi connectivity index (χ3n) is 3.48. The van der Waals surface area contributed by atoms with Gasteiger partial charge in [-0.25, -0.2) is 0 Å². The van der Waals surface area contributed by atoms with Crippen LogP contribution in [-0.4, -0.2) is 6.04 Å². The van der Waals surface area contributed by atoms with Crippen LogP contribution in [0.15, 0.2) is 35.0 Å². The van der Waals surface area contributed by atoms with E-state index in [1.807, 2.05) is 6.07 Å². The van der Waals surface area contributed by atoms with Gasteiger partial charge in [-0.05, 0) is 52.9 Å². The summed E-state index contributed by atoms with van der Waals surface area (Å²) < 4.78 is 0. The van der Waals surface area contributed by atoms with Crippen molar-refractivity contribution in [2.75, 3.05) is 4.90 Å². The molecule has 0 bridgehead atoms. The minimum absolute atomic E-state index is 0.536. The lowest BCUT2D eigenvalue weighted by Gasteiger charge is -2.25. The largest absolute Gasteiger partial charge is 0.363 e. The fourth-order valence-corrected chi connectivity index (χ4v) is 3.26. The van der Waals surface area contributed by atoms with Crippen molar-refractivity contribution in [3.05, 3.63) is 51.2 Å². The van der Waals surface area contributed by atoms with Crippen LogP contribution in [0.25, 0.3) is 0 Å². The van der Waals surface area contributed by atoms with E-state index in [0.717, 1.165) is 22.8 Å². The molecule has 1 aromatic carbocycles. The highest BCUT2D eigenvalue weighted by Crippen LogP contribution is 2.37. The second kappa shape index (κ2) is 5.53. The molecule has 1 fully saturated rings. The Bertz CT molecular complexity index is 549. The second-order valence-electron chi connectivity index (χ2n) is 4.98. The van der Waals surface area contributed by atoms with Crippen LogP contribution >= 0.6 is 22.9 Å². The van der Waals surface area contributed by atoms with Gasteiger partial charge in [-0.3, -0.25) is 0 Å². The Balaban J connectivity index is 1.87. The number of hydrogen-bond donors (Lipinski definition) is 1. The van der Waals surface area contributed by atoms with Crippen LogP contribution in [0.3, 0.4) is 0 Å². The topological polar surface area (TPSA) is 29.3 Å². The first-order chi connectivity index (χ1) is 9.28. The van der Waals surface area contributed by atoms with Crippen molar-refractivity contribution in [2.45, 2.75) is 32.0 Å². The first-order valence-electron chi connectivity index (χ1n) is 6.54. The molecule has 4 heteroatoms. The summed E-state index contributed by atoms with van der Waals surface area (Å²) in [6.07, 6.45) is 2.53. The Hall–Kier alpha value is -1.03. The zero-order valence-electron chi connectivity index (χ0n) is 10.7. The van der Waals surface area contributed by atoms with E-state index in [-0.39, 0.29) is 0 Å². The Morgan fingerprint density at radius 3 is 2.68 bits per heavy atom. The van der Waals surface area contributed by atoms with E-state index in [4.69, 9.17) is 17.3 Å². The maximum Gasteiger partial charge on any atom is 0.0643 e. The SMILES string of the molecule is NCc1ccc(N(Cc2ccsc2)C2CC2)c(Cl)c1. The summed E-state index contributed by atoms with van der Waals surface area (Å²) in [6.45, 7) is 1.48. The molecule has 1 aliphatic carbocycles. The highest BCUT2D eigenvalue weighted by molar-refractivity contribution is 7.07. The van der Waals surface area contributed by atoms with E-state index in [2.05, 4.69) is 33.9 Å². The Morgan fingerprint density at radius 2 is 2.11 bits per heavy atom. The van der Waals surface area contributed by atoms with Crippen LogP contribution < -0.4 is 10.6 Å². The first kappa shape index (κ1) is 13.0. The Morgan fingerprint density at radius 1 is 1.26 bits per heavy atom. The summed E-state index contributed by atoms with van der Waals surface area (Å²) >= 11 is 8.16. The smallest absolute Gasteiger partial charge is 0.0643 e. The van der Waals surface area contributed by atoms with E-state index < -0.39 is 0 Å². The van der Waals surface area contributed by atoms with Gasteiger partial charge in [0.15, 0.2) is 0 Å². The molecule has 0 amide bonds. The molecule has 0 atom stereocenters. The molecule has 2 nitrogen and oxygen atoms in total. The van der Waals surface area contributed by atoms with Gasteiger partial charge >= 0.3 is 0 Å². The van der Waals surface area contributed by atoms with Crippen molar-refractivity contribution in [3.8, 4) is 0 Å². The number of nitrogens with zero attached hydrogens (tertiary/aromatic N) is 1. The molecule has 1 aromatic heterocycles. The molecule has 0 aliphatic heterocycles. The summed E-state index contributed by atoms with van der Waals surface area (Å²) in [7, 11) is 0. The quantitative estimate of drug-likeness (QED) is 0.901. The van der Waals surface area contributed by atoms with Crippen LogP contribution in [0.4, 0.5) is 5.69 Å². The molecule has 1 heterocycles. The zero-order chi connectivity index (χ0) is 13.2. The molecule has 0 spiro atoms. The number of thiophene rings is 1. The molecule has 19 heavy (non-hydrogen) atoms. The van der Waals surface area contributed by atoms with Gasteiger partial charge in [-0.1, -0.05) is 17.7 Å². The molecular formula is C15H17ClN2S. The molecule has 3 rings (SSSR count). The van der Waals surface area contributed by atoms with Gasteiger partial charge in [-0.15, -0.1) is 0 Å². The number of nitrogens with two attached hydrogens (primary N) is 1. The maximum absolute atomic E-state index is 6.42. The predicted octanol–water partition coefficient (Wildman–Crippen LogP) is 4.03. The standard InChI is InChI=1S/C15H17ClN2S/c16-14-7-11(8-17)1-4-15(14)18(13-2-3-13)9-12-5-6-19-10-12/h1,4-7,10,13H,2-3,8-9,17H2. The summed E-state index contributed by atoms with van der Waals surface area (Å²) in [4.78, 5) is 2.42. The molecule has 100 valence electrons. The van der Waals surface area contributed by atoms with Crippen LogP contribution in [0.2, 0.25) is 5.02 Å². The number of rotatable bonds is 5. The predicted molar refractivity (Wildman–Crippen MR) is 82.9 cm³/mol. The van der Waals surface area contributed by atoms with Crippen LogP contribution in [0.5, 0.6) is 0 Å². The van der Waals surface area contributed by atoms with Crippen LogP contribution in [0.1, 0.15) is 24.0 Å². The lowest BCUT2D eigenvalue weighted by Crippen LogP contribution is -2.25. The van der Waals surface area contributed by atoms with Crippen molar-refractivity contribution in [2.24, 2.45) is 5.73 Å². The molecular weight excluding hydrogens is 276 g/mol. The van der Waals surface area contributed by atoms with Crippen molar-refractivity contribution in [3.63, 3.8) is 0 Å². The summed E-state index contributed by atoms with van der Waals surface area (Å²) in [5, 5.41) is 5.14. The Kier molecular flexibility index (Phi) is 3.78. The fraction of sp³-hybridized carbons (Fsp3) is 0.333.